The van der Waals surface area contributed by atoms with Gasteiger partial charge in [0, 0.05) is 13.6 Å². The van der Waals surface area contributed by atoms with Crippen molar-refractivity contribution in [3.8, 4) is 5.75 Å². The van der Waals surface area contributed by atoms with E-state index in [2.05, 4.69) is 5.32 Å². The molecule has 2 heterocycles. The topological polar surface area (TPSA) is 85.4 Å². The highest BCUT2D eigenvalue weighted by atomic mass is 16.5. The van der Waals surface area contributed by atoms with Crippen LogP contribution in [0.15, 0.2) is 54.6 Å². The molecule has 0 bridgehead atoms. The van der Waals surface area contributed by atoms with Gasteiger partial charge in [0.1, 0.15) is 18.0 Å². The van der Waals surface area contributed by atoms with Crippen molar-refractivity contribution in [1.82, 2.24) is 25.1 Å². The molecular weight excluding hydrogens is 434 g/mol. The average Bonchev–Trinajstić information content (AvgIpc) is 2.85. The van der Waals surface area contributed by atoms with Crippen LogP contribution in [0.2, 0.25) is 0 Å². The SMILES string of the molecule is COc1ccc(CNC(=O)N2[C@H]3CN([C@@H](C)c4ccccc4)C(=O)[C@H](C)N3C(=O)CN2C)cc1. The van der Waals surface area contributed by atoms with Gasteiger partial charge >= 0.3 is 6.03 Å². The van der Waals surface area contributed by atoms with Gasteiger partial charge in [0.25, 0.3) is 0 Å². The smallest absolute Gasteiger partial charge is 0.334 e. The zero-order valence-corrected chi connectivity index (χ0v) is 20.0. The molecule has 0 spiro atoms. The molecule has 2 aromatic carbocycles. The van der Waals surface area contributed by atoms with E-state index in [0.717, 1.165) is 16.9 Å². The fraction of sp³-hybridized carbons (Fsp3) is 0.400. The number of methoxy groups -OCH3 is 1. The zero-order valence-electron chi connectivity index (χ0n) is 20.0. The number of amides is 4. The first kappa shape index (κ1) is 23.6. The third-order valence-corrected chi connectivity index (χ3v) is 6.60. The molecule has 2 aromatic rings. The molecule has 2 fully saturated rings. The summed E-state index contributed by atoms with van der Waals surface area (Å²) in [6.45, 7) is 4.28. The number of likely N-dealkylation sites (N-methyl/N-ethyl adjacent to an activating group) is 1. The molecule has 34 heavy (non-hydrogen) atoms. The van der Waals surface area contributed by atoms with Crippen molar-refractivity contribution < 1.29 is 19.1 Å². The Kier molecular flexibility index (Phi) is 6.74. The van der Waals surface area contributed by atoms with Gasteiger partial charge in [-0.05, 0) is 37.1 Å². The number of carbonyl (C=O) groups excluding carboxylic acids is 3. The number of ether oxygens (including phenoxy) is 1. The Balaban J connectivity index is 1.55. The van der Waals surface area contributed by atoms with Crippen LogP contribution in [-0.2, 0) is 16.1 Å². The Bertz CT molecular complexity index is 1050. The lowest BCUT2D eigenvalue weighted by atomic mass is 10.0. The summed E-state index contributed by atoms with van der Waals surface area (Å²) in [4.78, 5) is 42.8. The van der Waals surface area contributed by atoms with Gasteiger partial charge in [-0.3, -0.25) is 9.59 Å². The summed E-state index contributed by atoms with van der Waals surface area (Å²) < 4.78 is 5.18. The van der Waals surface area contributed by atoms with E-state index in [1.807, 2.05) is 61.5 Å². The number of rotatable bonds is 5. The first-order valence-corrected chi connectivity index (χ1v) is 11.4. The first-order valence-electron chi connectivity index (χ1n) is 11.4. The van der Waals surface area contributed by atoms with Crippen LogP contribution >= 0.6 is 0 Å². The molecule has 0 aliphatic carbocycles. The number of hydrogen-bond donors (Lipinski definition) is 1. The molecular formula is C25H31N5O4. The van der Waals surface area contributed by atoms with E-state index < -0.39 is 12.2 Å². The van der Waals surface area contributed by atoms with Gasteiger partial charge in [-0.15, -0.1) is 0 Å². The summed E-state index contributed by atoms with van der Waals surface area (Å²) in [6.07, 6.45) is -0.596. The highest BCUT2D eigenvalue weighted by Gasteiger charge is 2.50. The zero-order chi connectivity index (χ0) is 24.4. The van der Waals surface area contributed by atoms with Crippen LogP contribution in [0.1, 0.15) is 31.0 Å². The van der Waals surface area contributed by atoms with Crippen molar-refractivity contribution in [1.29, 1.82) is 0 Å². The maximum absolute atomic E-state index is 13.3. The number of nitrogens with one attached hydrogen (secondary N) is 1. The predicted molar refractivity (Wildman–Crippen MR) is 126 cm³/mol. The van der Waals surface area contributed by atoms with Gasteiger partial charge < -0.3 is 19.9 Å². The fourth-order valence-electron chi connectivity index (χ4n) is 4.68. The van der Waals surface area contributed by atoms with Crippen LogP contribution in [0, 0.1) is 0 Å². The van der Waals surface area contributed by atoms with Crippen molar-refractivity contribution in [3.63, 3.8) is 0 Å². The van der Waals surface area contributed by atoms with Crippen LogP contribution in [0.3, 0.4) is 0 Å². The number of carbonyl (C=O) groups is 3. The number of fused-ring (bicyclic) bond motifs is 1. The van der Waals surface area contributed by atoms with Gasteiger partial charge in [-0.25, -0.2) is 14.8 Å². The molecule has 0 unspecified atom stereocenters. The van der Waals surface area contributed by atoms with Crippen LogP contribution in [0.5, 0.6) is 5.75 Å². The summed E-state index contributed by atoms with van der Waals surface area (Å²) >= 11 is 0. The highest BCUT2D eigenvalue weighted by molar-refractivity contribution is 5.91. The second kappa shape index (κ2) is 9.72. The largest absolute Gasteiger partial charge is 0.497 e. The Morgan fingerprint density at radius 3 is 2.44 bits per heavy atom. The molecule has 2 aliphatic rings. The lowest BCUT2D eigenvalue weighted by Crippen LogP contribution is -2.75. The number of urea groups is 1. The van der Waals surface area contributed by atoms with Crippen LogP contribution in [0.4, 0.5) is 4.79 Å². The standard InChI is InChI=1S/C25H31N5O4/c1-17(20-8-6-5-7-9-20)28-15-22-29(18(2)24(28)32)23(31)16-27(3)30(22)25(33)26-14-19-10-12-21(34-4)13-11-19/h5-13,17-18,22H,14-16H2,1-4H3,(H,26,33)/t17-,18-,22-/m0/s1. The molecule has 9 heteroatoms. The minimum atomic E-state index is -0.664. The minimum Gasteiger partial charge on any atom is -0.497 e. The molecule has 3 atom stereocenters. The van der Waals surface area contributed by atoms with E-state index in [1.165, 1.54) is 0 Å². The summed E-state index contributed by atoms with van der Waals surface area (Å²) in [5, 5.41) is 6.13. The molecule has 180 valence electrons. The minimum absolute atomic E-state index is 0.0261. The number of hydrogen-bond acceptors (Lipinski definition) is 5. The van der Waals surface area contributed by atoms with Gasteiger partial charge in [-0.2, -0.15) is 0 Å². The van der Waals surface area contributed by atoms with Crippen molar-refractivity contribution >= 4 is 17.8 Å². The molecule has 0 aromatic heterocycles. The molecule has 0 saturated carbocycles. The van der Waals surface area contributed by atoms with Gasteiger partial charge in [0.2, 0.25) is 11.8 Å². The Labute approximate surface area is 199 Å². The molecule has 0 radical (unpaired) electrons. The van der Waals surface area contributed by atoms with Crippen LogP contribution < -0.4 is 10.1 Å². The van der Waals surface area contributed by atoms with Crippen molar-refractivity contribution in [2.45, 2.75) is 38.6 Å². The Hall–Kier alpha value is -3.59. The third-order valence-electron chi connectivity index (χ3n) is 6.60. The number of hydrazine groups is 1. The Morgan fingerprint density at radius 1 is 1.12 bits per heavy atom. The second-order valence-electron chi connectivity index (χ2n) is 8.70. The lowest BCUT2D eigenvalue weighted by molar-refractivity contribution is -0.187. The maximum Gasteiger partial charge on any atom is 0.334 e. The van der Waals surface area contributed by atoms with E-state index in [4.69, 9.17) is 4.74 Å². The molecule has 4 amide bonds. The summed E-state index contributed by atoms with van der Waals surface area (Å²) in [6, 6.07) is 16.0. The predicted octanol–water partition coefficient (Wildman–Crippen LogP) is 2.21. The number of nitrogens with zero attached hydrogens (tertiary/aromatic N) is 4. The molecule has 2 aliphatic heterocycles. The summed E-state index contributed by atoms with van der Waals surface area (Å²) in [7, 11) is 3.32. The van der Waals surface area contributed by atoms with Crippen LogP contribution in [0.25, 0.3) is 0 Å². The third kappa shape index (κ3) is 4.43. The van der Waals surface area contributed by atoms with Crippen LogP contribution in [-0.4, -0.2) is 77.1 Å². The van der Waals surface area contributed by atoms with Crippen molar-refractivity contribution in [2.75, 3.05) is 27.2 Å². The highest BCUT2D eigenvalue weighted by Crippen LogP contribution is 2.31. The van der Waals surface area contributed by atoms with Crippen molar-refractivity contribution in [3.05, 3.63) is 65.7 Å². The van der Waals surface area contributed by atoms with E-state index in [0.29, 0.717) is 6.54 Å². The average molecular weight is 466 g/mol. The summed E-state index contributed by atoms with van der Waals surface area (Å²) in [5.74, 6) is 0.456. The monoisotopic (exact) mass is 465 g/mol. The van der Waals surface area contributed by atoms with E-state index in [9.17, 15) is 14.4 Å². The quantitative estimate of drug-likeness (QED) is 0.732. The normalized spacial score (nSPS) is 21.8. The maximum atomic E-state index is 13.3. The van der Waals surface area contributed by atoms with Gasteiger partial charge in [-0.1, -0.05) is 42.5 Å². The van der Waals surface area contributed by atoms with E-state index in [-0.39, 0.29) is 37.0 Å². The molecule has 1 N–H and O–H groups in total. The number of benzene rings is 2. The number of piperazine rings is 1. The first-order chi connectivity index (χ1) is 16.3. The van der Waals surface area contributed by atoms with Gasteiger partial charge in [0.05, 0.1) is 26.2 Å². The fourth-order valence-corrected chi connectivity index (χ4v) is 4.68. The molecule has 4 rings (SSSR count). The lowest BCUT2D eigenvalue weighted by Gasteiger charge is -2.54. The summed E-state index contributed by atoms with van der Waals surface area (Å²) in [5.41, 5.74) is 1.93. The van der Waals surface area contributed by atoms with E-state index in [1.54, 1.807) is 40.9 Å². The van der Waals surface area contributed by atoms with Gasteiger partial charge in [0.15, 0.2) is 0 Å². The van der Waals surface area contributed by atoms with E-state index >= 15 is 0 Å². The molecule has 9 nitrogen and oxygen atoms in total. The van der Waals surface area contributed by atoms with Crippen molar-refractivity contribution in [2.24, 2.45) is 0 Å². The second-order valence-corrected chi connectivity index (χ2v) is 8.70. The Morgan fingerprint density at radius 2 is 1.79 bits per heavy atom. The molecule has 2 saturated heterocycles.